The van der Waals surface area contributed by atoms with Crippen molar-refractivity contribution in [2.75, 3.05) is 26.2 Å². The third-order valence-corrected chi connectivity index (χ3v) is 2.55. The van der Waals surface area contributed by atoms with Gasteiger partial charge in [0.25, 0.3) is 0 Å². The molecule has 1 atom stereocenters. The van der Waals surface area contributed by atoms with E-state index < -0.39 is 0 Å². The molecule has 112 valence electrons. The van der Waals surface area contributed by atoms with E-state index in [0.29, 0.717) is 18.4 Å². The van der Waals surface area contributed by atoms with E-state index in [9.17, 15) is 0 Å². The smallest absolute Gasteiger partial charge is 0.192 e. The minimum absolute atomic E-state index is 0. The van der Waals surface area contributed by atoms with E-state index in [4.69, 9.17) is 11.5 Å². The van der Waals surface area contributed by atoms with Gasteiger partial charge >= 0.3 is 0 Å². The van der Waals surface area contributed by atoms with Crippen LogP contribution in [0.2, 0.25) is 0 Å². The zero-order chi connectivity index (χ0) is 13.8. The Balaban J connectivity index is 0. The van der Waals surface area contributed by atoms with Crippen LogP contribution in [0.25, 0.3) is 0 Å². The Morgan fingerprint density at radius 1 is 1.37 bits per heavy atom. The highest BCUT2D eigenvalue weighted by Gasteiger charge is 2.10. The molecule has 0 aromatic carbocycles. The van der Waals surface area contributed by atoms with E-state index in [1.807, 2.05) is 6.92 Å². The minimum atomic E-state index is 0. The fourth-order valence-corrected chi connectivity index (χ4v) is 1.83. The molecular formula is C14H28IN3O. The lowest BCUT2D eigenvalue weighted by Crippen LogP contribution is -2.37. The molecule has 19 heavy (non-hydrogen) atoms. The summed E-state index contributed by atoms with van der Waals surface area (Å²) in [5.41, 5.74) is 0. The van der Waals surface area contributed by atoms with Crippen molar-refractivity contribution in [2.45, 2.75) is 33.6 Å². The van der Waals surface area contributed by atoms with E-state index in [-0.39, 0.29) is 30.6 Å². The van der Waals surface area contributed by atoms with E-state index in [1.54, 1.807) is 0 Å². The zero-order valence-electron chi connectivity index (χ0n) is 12.3. The summed E-state index contributed by atoms with van der Waals surface area (Å²) in [5, 5.41) is 15.3. The van der Waals surface area contributed by atoms with Crippen molar-refractivity contribution in [3.05, 3.63) is 0 Å². The summed E-state index contributed by atoms with van der Waals surface area (Å²) in [7, 11) is 0. The van der Waals surface area contributed by atoms with Gasteiger partial charge < -0.3 is 15.7 Å². The Morgan fingerprint density at radius 2 is 2.05 bits per heavy atom. The quantitative estimate of drug-likeness (QED) is 0.260. The molecular weight excluding hydrogens is 353 g/mol. The maximum absolute atomic E-state index is 9.05. The number of nitrogens with one attached hydrogen (secondary N) is 2. The summed E-state index contributed by atoms with van der Waals surface area (Å²) < 4.78 is 0. The predicted molar refractivity (Wildman–Crippen MR) is 92.9 cm³/mol. The largest absolute Gasteiger partial charge is 0.396 e. The van der Waals surface area contributed by atoms with E-state index in [0.717, 1.165) is 31.9 Å². The number of aliphatic hydroxyl groups excluding tert-OH is 1. The first-order chi connectivity index (χ1) is 8.63. The lowest BCUT2D eigenvalue weighted by Gasteiger charge is -2.17. The van der Waals surface area contributed by atoms with Gasteiger partial charge in [0, 0.05) is 19.7 Å². The van der Waals surface area contributed by atoms with Crippen molar-refractivity contribution in [3.63, 3.8) is 0 Å². The summed E-state index contributed by atoms with van der Waals surface area (Å²) in [6.45, 7) is 8.63. The summed E-state index contributed by atoms with van der Waals surface area (Å²) in [4.78, 5) is 4.51. The van der Waals surface area contributed by atoms with Crippen molar-refractivity contribution in [1.29, 1.82) is 0 Å². The van der Waals surface area contributed by atoms with E-state index in [1.165, 1.54) is 0 Å². The molecule has 4 nitrogen and oxygen atoms in total. The number of rotatable bonds is 8. The summed E-state index contributed by atoms with van der Waals surface area (Å²) in [6, 6.07) is 0. The minimum Gasteiger partial charge on any atom is -0.396 e. The third-order valence-electron chi connectivity index (χ3n) is 2.55. The van der Waals surface area contributed by atoms with Gasteiger partial charge in [-0.05, 0) is 31.6 Å². The van der Waals surface area contributed by atoms with Gasteiger partial charge in [-0.15, -0.1) is 30.4 Å². The molecule has 0 aliphatic heterocycles. The molecule has 0 fully saturated rings. The van der Waals surface area contributed by atoms with Crippen molar-refractivity contribution in [1.82, 2.24) is 10.6 Å². The molecule has 0 aliphatic rings. The Labute approximate surface area is 134 Å². The third kappa shape index (κ3) is 12.3. The Bertz CT molecular complexity index is 274. The number of halogens is 1. The first kappa shape index (κ1) is 20.8. The zero-order valence-corrected chi connectivity index (χ0v) is 14.6. The highest BCUT2D eigenvalue weighted by Crippen LogP contribution is 2.15. The average Bonchev–Trinajstić information content (AvgIpc) is 2.32. The van der Waals surface area contributed by atoms with Crippen molar-refractivity contribution in [3.8, 4) is 12.3 Å². The maximum Gasteiger partial charge on any atom is 0.192 e. The molecule has 0 aromatic rings. The lowest BCUT2D eigenvalue weighted by atomic mass is 9.94. The number of guanidine groups is 1. The molecule has 3 N–H and O–H groups in total. The van der Waals surface area contributed by atoms with Crippen molar-refractivity contribution in [2.24, 2.45) is 16.8 Å². The summed E-state index contributed by atoms with van der Waals surface area (Å²) >= 11 is 0. The molecule has 0 saturated heterocycles. The van der Waals surface area contributed by atoms with Crippen LogP contribution < -0.4 is 10.6 Å². The fraction of sp³-hybridized carbons (Fsp3) is 0.786. The molecule has 0 heterocycles. The number of aliphatic hydroxyl groups is 1. The highest BCUT2D eigenvalue weighted by molar-refractivity contribution is 14.0. The van der Waals surface area contributed by atoms with Crippen LogP contribution in [-0.4, -0.2) is 37.3 Å². The summed E-state index contributed by atoms with van der Waals surface area (Å²) in [5.74, 6) is 4.33. The molecule has 0 aromatic heterocycles. The van der Waals surface area contributed by atoms with Gasteiger partial charge in [-0.3, -0.25) is 4.99 Å². The average molecular weight is 381 g/mol. The standard InChI is InChI=1S/C14H27N3O.HI/c1-5-8-16-14(15-6-2)17-11-13(7-9-18)10-12(3)4;/h1,12-13,18H,6-11H2,2-4H3,(H2,15,16,17);1H. The van der Waals surface area contributed by atoms with Gasteiger partial charge in [0.15, 0.2) is 5.96 Å². The Hall–Kier alpha value is -0.480. The number of nitrogens with zero attached hydrogens (tertiary/aromatic N) is 1. The van der Waals surface area contributed by atoms with Crippen LogP contribution >= 0.6 is 24.0 Å². The second kappa shape index (κ2) is 13.9. The van der Waals surface area contributed by atoms with Crippen LogP contribution in [0, 0.1) is 24.2 Å². The van der Waals surface area contributed by atoms with Crippen LogP contribution in [0.4, 0.5) is 0 Å². The first-order valence-electron chi connectivity index (χ1n) is 6.70. The molecule has 0 aliphatic carbocycles. The van der Waals surface area contributed by atoms with Crippen molar-refractivity contribution >= 4 is 29.9 Å². The monoisotopic (exact) mass is 381 g/mol. The SMILES string of the molecule is C#CCNC(=NCC(CCO)CC(C)C)NCC.I. The highest BCUT2D eigenvalue weighted by atomic mass is 127. The van der Waals surface area contributed by atoms with Crippen LogP contribution in [0.1, 0.15) is 33.6 Å². The fourth-order valence-electron chi connectivity index (χ4n) is 1.83. The lowest BCUT2D eigenvalue weighted by molar-refractivity contribution is 0.245. The van der Waals surface area contributed by atoms with Gasteiger partial charge in [0.05, 0.1) is 6.54 Å². The second-order valence-electron chi connectivity index (χ2n) is 4.79. The molecule has 0 saturated carbocycles. The molecule has 0 radical (unpaired) electrons. The van der Waals surface area contributed by atoms with Crippen LogP contribution in [0.3, 0.4) is 0 Å². The Kier molecular flexibility index (Phi) is 15.3. The van der Waals surface area contributed by atoms with Gasteiger partial charge in [0.2, 0.25) is 0 Å². The maximum atomic E-state index is 9.05. The number of hydrogen-bond donors (Lipinski definition) is 3. The van der Waals surface area contributed by atoms with Gasteiger partial charge in [-0.1, -0.05) is 19.8 Å². The van der Waals surface area contributed by atoms with E-state index >= 15 is 0 Å². The van der Waals surface area contributed by atoms with Crippen LogP contribution in [-0.2, 0) is 0 Å². The second-order valence-corrected chi connectivity index (χ2v) is 4.79. The van der Waals surface area contributed by atoms with Gasteiger partial charge in [-0.25, -0.2) is 0 Å². The molecule has 1 unspecified atom stereocenters. The molecule has 0 bridgehead atoms. The van der Waals surface area contributed by atoms with Crippen LogP contribution in [0.5, 0.6) is 0 Å². The number of hydrogen-bond acceptors (Lipinski definition) is 2. The molecule has 5 heteroatoms. The predicted octanol–water partition coefficient (Wildman–Crippen LogP) is 1.84. The number of aliphatic imine (C=N–C) groups is 1. The Morgan fingerprint density at radius 3 is 2.53 bits per heavy atom. The van der Waals surface area contributed by atoms with Crippen molar-refractivity contribution < 1.29 is 5.11 Å². The molecule has 0 amide bonds. The molecule has 0 rings (SSSR count). The summed E-state index contributed by atoms with van der Waals surface area (Å²) in [6.07, 6.45) is 7.10. The van der Waals surface area contributed by atoms with Gasteiger partial charge in [-0.2, -0.15) is 0 Å². The van der Waals surface area contributed by atoms with Crippen LogP contribution in [0.15, 0.2) is 4.99 Å². The molecule has 0 spiro atoms. The topological polar surface area (TPSA) is 56.7 Å². The normalized spacial score (nSPS) is 12.5. The number of terminal acetylenes is 1. The van der Waals surface area contributed by atoms with Gasteiger partial charge in [0.1, 0.15) is 0 Å². The first-order valence-corrected chi connectivity index (χ1v) is 6.70. The van der Waals surface area contributed by atoms with E-state index in [2.05, 4.69) is 35.4 Å².